The molecule has 0 saturated carbocycles. The number of unbranched alkanes of at least 4 members (excludes halogenated alkanes) is 35. The Balaban J connectivity index is 5.22. The van der Waals surface area contributed by atoms with Crippen molar-refractivity contribution in [3.05, 3.63) is 0 Å². The van der Waals surface area contributed by atoms with Crippen LogP contribution >= 0.6 is 15.6 Å². The van der Waals surface area contributed by atoms with Gasteiger partial charge >= 0.3 is 39.5 Å². The zero-order valence-electron chi connectivity index (χ0n) is 54.9. The fourth-order valence-electron chi connectivity index (χ4n) is 9.88. The second kappa shape index (κ2) is 58.4. The van der Waals surface area contributed by atoms with Gasteiger partial charge in [-0.2, -0.15) is 0 Å². The molecule has 0 rings (SSSR count). The van der Waals surface area contributed by atoms with Crippen molar-refractivity contribution in [1.29, 1.82) is 0 Å². The molecule has 85 heavy (non-hydrogen) atoms. The summed E-state index contributed by atoms with van der Waals surface area (Å²) in [5.41, 5.74) is 0. The molecule has 0 amide bonds. The van der Waals surface area contributed by atoms with Gasteiger partial charge in [-0.05, 0) is 37.5 Å². The highest BCUT2D eigenvalue weighted by Crippen LogP contribution is 2.45. The molecule has 3 N–H and O–H groups in total. The van der Waals surface area contributed by atoms with Crippen LogP contribution in [-0.4, -0.2) is 96.7 Å². The third-order valence-corrected chi connectivity index (χ3v) is 17.1. The summed E-state index contributed by atoms with van der Waals surface area (Å²) >= 11 is 0. The van der Waals surface area contributed by atoms with Crippen LogP contribution < -0.4 is 0 Å². The lowest BCUT2D eigenvalue weighted by atomic mass is 10.0. The van der Waals surface area contributed by atoms with Gasteiger partial charge in [0.2, 0.25) is 0 Å². The summed E-state index contributed by atoms with van der Waals surface area (Å²) in [4.78, 5) is 72.2. The number of phosphoric acid groups is 2. The second-order valence-electron chi connectivity index (χ2n) is 24.8. The summed E-state index contributed by atoms with van der Waals surface area (Å²) in [6, 6.07) is 0. The van der Waals surface area contributed by atoms with Gasteiger partial charge in [-0.1, -0.05) is 279 Å². The maximum absolute atomic E-state index is 13.0. The van der Waals surface area contributed by atoms with Crippen molar-refractivity contribution in [3.63, 3.8) is 0 Å². The molecule has 0 saturated heterocycles. The predicted molar refractivity (Wildman–Crippen MR) is 340 cm³/mol. The van der Waals surface area contributed by atoms with Crippen molar-refractivity contribution in [2.75, 3.05) is 39.6 Å². The van der Waals surface area contributed by atoms with E-state index in [2.05, 4.69) is 41.5 Å². The smallest absolute Gasteiger partial charge is 0.462 e. The van der Waals surface area contributed by atoms with E-state index in [9.17, 15) is 43.2 Å². The van der Waals surface area contributed by atoms with E-state index in [1.54, 1.807) is 0 Å². The summed E-state index contributed by atoms with van der Waals surface area (Å²) in [7, 11) is -9.89. The molecule has 5 atom stereocenters. The first-order chi connectivity index (χ1) is 40.9. The molecule has 0 aliphatic rings. The van der Waals surface area contributed by atoms with Crippen LogP contribution in [0.4, 0.5) is 0 Å². The fourth-order valence-corrected chi connectivity index (χ4v) is 11.5. The summed E-state index contributed by atoms with van der Waals surface area (Å²) < 4.78 is 68.0. The fraction of sp³-hybridized carbons (Fsp3) is 0.939. The molecule has 17 nitrogen and oxygen atoms in total. The highest BCUT2D eigenvalue weighted by Gasteiger charge is 2.30. The first-order valence-corrected chi connectivity index (χ1v) is 37.5. The van der Waals surface area contributed by atoms with Gasteiger partial charge in [-0.3, -0.25) is 37.3 Å². The highest BCUT2D eigenvalue weighted by atomic mass is 31.2. The van der Waals surface area contributed by atoms with Crippen molar-refractivity contribution in [2.24, 2.45) is 11.8 Å². The first kappa shape index (κ1) is 83.1. The maximum atomic E-state index is 13.0. The van der Waals surface area contributed by atoms with E-state index < -0.39 is 97.5 Å². The standard InChI is InChI=1S/C66H128O17P2/c1-7-9-11-13-15-17-18-19-20-21-22-23-32-38-44-50-65(70)82-62(55-77-64(69)49-43-37-31-26-24-28-34-40-46-58(3)4)57-81-85(74,75)79-53-60(67)52-78-84(72,73)80-56-61(54-76-63(68)48-42-36-30-16-14-12-10-8-2)83-66(71)51-45-39-33-27-25-29-35-41-47-59(5)6/h58-62,67H,7-57H2,1-6H3,(H,72,73)(H,74,75)/t60-,61+,62+/m0/s1. The number of esters is 4. The second-order valence-corrected chi connectivity index (χ2v) is 27.7. The molecule has 0 radical (unpaired) electrons. The van der Waals surface area contributed by atoms with E-state index in [4.69, 9.17) is 37.0 Å². The monoisotopic (exact) mass is 1250 g/mol. The molecule has 19 heteroatoms. The zero-order valence-corrected chi connectivity index (χ0v) is 56.7. The molecule has 504 valence electrons. The van der Waals surface area contributed by atoms with Crippen molar-refractivity contribution >= 4 is 39.5 Å². The number of rotatable bonds is 65. The number of carbonyl (C=O) groups excluding carboxylic acids is 4. The quantitative estimate of drug-likeness (QED) is 0.0222. The largest absolute Gasteiger partial charge is 0.472 e. The number of aliphatic hydroxyl groups excluding tert-OH is 1. The van der Waals surface area contributed by atoms with Crippen LogP contribution in [0.15, 0.2) is 0 Å². The molecule has 0 aromatic rings. The van der Waals surface area contributed by atoms with Crippen LogP contribution in [0.1, 0.15) is 330 Å². The molecule has 0 aromatic carbocycles. The Labute approximate surface area is 517 Å². The number of carbonyl (C=O) groups is 4. The van der Waals surface area contributed by atoms with Crippen LogP contribution in [-0.2, 0) is 65.4 Å². The summed E-state index contributed by atoms with van der Waals surface area (Å²) in [5.74, 6) is -0.689. The van der Waals surface area contributed by atoms with Gasteiger partial charge in [0.15, 0.2) is 12.2 Å². The average molecular weight is 1260 g/mol. The van der Waals surface area contributed by atoms with Gasteiger partial charge in [0.1, 0.15) is 19.3 Å². The van der Waals surface area contributed by atoms with Crippen LogP contribution in [0.25, 0.3) is 0 Å². The van der Waals surface area contributed by atoms with Crippen molar-refractivity contribution in [2.45, 2.75) is 349 Å². The highest BCUT2D eigenvalue weighted by molar-refractivity contribution is 7.47. The Morgan fingerprint density at radius 1 is 0.318 bits per heavy atom. The van der Waals surface area contributed by atoms with Crippen LogP contribution in [0.5, 0.6) is 0 Å². The number of ether oxygens (including phenoxy) is 4. The molecule has 0 spiro atoms. The molecule has 0 bridgehead atoms. The zero-order chi connectivity index (χ0) is 62.9. The Kier molecular flexibility index (Phi) is 57.1. The first-order valence-electron chi connectivity index (χ1n) is 34.5. The molecule has 0 aliphatic heterocycles. The Morgan fingerprint density at radius 3 is 0.800 bits per heavy atom. The SMILES string of the molecule is CCCCCCCCCCCCCCCCCC(=O)O[C@H](COC(=O)CCCCCCCCCCC(C)C)COP(=O)(O)OC[C@@H](O)COP(=O)(O)OC[C@@H](COC(=O)CCCCCCCCCC)OC(=O)CCCCCCCCCCC(C)C. The minimum absolute atomic E-state index is 0.104. The van der Waals surface area contributed by atoms with Crippen LogP contribution in [0, 0.1) is 11.8 Å². The molecule has 0 aromatic heterocycles. The summed E-state index contributed by atoms with van der Waals surface area (Å²) in [5, 5.41) is 10.5. The topological polar surface area (TPSA) is 237 Å². The van der Waals surface area contributed by atoms with Gasteiger partial charge in [0.05, 0.1) is 26.4 Å². The molecule has 0 heterocycles. The van der Waals surface area contributed by atoms with Crippen molar-refractivity contribution < 1.29 is 80.2 Å². The Morgan fingerprint density at radius 2 is 0.541 bits per heavy atom. The van der Waals surface area contributed by atoms with Crippen LogP contribution in [0.3, 0.4) is 0 Å². The normalized spacial score (nSPS) is 14.2. The lowest BCUT2D eigenvalue weighted by Crippen LogP contribution is -2.30. The maximum Gasteiger partial charge on any atom is 0.472 e. The lowest BCUT2D eigenvalue weighted by molar-refractivity contribution is -0.161. The predicted octanol–water partition coefficient (Wildman–Crippen LogP) is 18.4. The van der Waals surface area contributed by atoms with Gasteiger partial charge < -0.3 is 33.8 Å². The Bertz CT molecular complexity index is 1670. The van der Waals surface area contributed by atoms with Crippen LogP contribution in [0.2, 0.25) is 0 Å². The van der Waals surface area contributed by atoms with E-state index >= 15 is 0 Å². The molecule has 0 fully saturated rings. The third-order valence-electron chi connectivity index (χ3n) is 15.2. The van der Waals surface area contributed by atoms with E-state index in [-0.39, 0.29) is 25.7 Å². The minimum atomic E-state index is -4.95. The Hall–Kier alpha value is -1.94. The van der Waals surface area contributed by atoms with E-state index in [0.717, 1.165) is 108 Å². The molecule has 2 unspecified atom stereocenters. The van der Waals surface area contributed by atoms with Gasteiger partial charge in [-0.15, -0.1) is 0 Å². The number of phosphoric ester groups is 2. The third kappa shape index (κ3) is 60.7. The van der Waals surface area contributed by atoms with Crippen molar-refractivity contribution in [1.82, 2.24) is 0 Å². The molecular weight excluding hydrogens is 1130 g/mol. The lowest BCUT2D eigenvalue weighted by Gasteiger charge is -2.21. The number of hydrogen-bond donors (Lipinski definition) is 3. The molecule has 0 aliphatic carbocycles. The van der Waals surface area contributed by atoms with E-state index in [1.165, 1.54) is 141 Å². The summed E-state index contributed by atoms with van der Waals surface area (Å²) in [6.45, 7) is 9.42. The number of hydrogen-bond acceptors (Lipinski definition) is 15. The molecular formula is C66H128O17P2. The number of aliphatic hydroxyl groups is 1. The van der Waals surface area contributed by atoms with Gasteiger partial charge in [0, 0.05) is 25.7 Å². The average Bonchev–Trinajstić information content (AvgIpc) is 3.63. The van der Waals surface area contributed by atoms with Gasteiger partial charge in [0.25, 0.3) is 0 Å². The van der Waals surface area contributed by atoms with E-state index in [1.807, 2.05) is 0 Å². The summed E-state index contributed by atoms with van der Waals surface area (Å²) in [6.07, 6.45) is 41.8. The minimum Gasteiger partial charge on any atom is -0.462 e. The van der Waals surface area contributed by atoms with Gasteiger partial charge in [-0.25, -0.2) is 9.13 Å². The van der Waals surface area contributed by atoms with E-state index in [0.29, 0.717) is 25.7 Å². The van der Waals surface area contributed by atoms with Crippen molar-refractivity contribution in [3.8, 4) is 0 Å².